The van der Waals surface area contributed by atoms with E-state index in [1.807, 2.05) is 0 Å². The summed E-state index contributed by atoms with van der Waals surface area (Å²) in [7, 11) is 1.35. The van der Waals surface area contributed by atoms with Crippen LogP contribution in [0.3, 0.4) is 0 Å². The Bertz CT molecular complexity index is 409. The van der Waals surface area contributed by atoms with E-state index >= 15 is 0 Å². The van der Waals surface area contributed by atoms with Crippen LogP contribution in [0, 0.1) is 5.92 Å². The van der Waals surface area contributed by atoms with Crippen LogP contribution in [0.5, 0.6) is 0 Å². The molecular formula is C11H15F6N3. The monoisotopic (exact) mass is 303 g/mol. The van der Waals surface area contributed by atoms with Gasteiger partial charge in [-0.1, -0.05) is 6.92 Å². The van der Waals surface area contributed by atoms with Gasteiger partial charge in [-0.25, -0.2) is 4.98 Å². The molecule has 0 saturated carbocycles. The molecule has 1 heterocycles. The summed E-state index contributed by atoms with van der Waals surface area (Å²) in [5, 5.41) is 2.30. The lowest BCUT2D eigenvalue weighted by Gasteiger charge is -2.31. The molecule has 1 aromatic rings. The van der Waals surface area contributed by atoms with E-state index in [1.54, 1.807) is 6.92 Å². The Balaban J connectivity index is 3.22. The van der Waals surface area contributed by atoms with Crippen LogP contribution in [0.2, 0.25) is 0 Å². The lowest BCUT2D eigenvalue weighted by Crippen LogP contribution is -2.46. The summed E-state index contributed by atoms with van der Waals surface area (Å²) in [4.78, 5) is 3.62. The predicted molar refractivity (Wildman–Crippen MR) is 59.8 cm³/mol. The first-order valence-corrected chi connectivity index (χ1v) is 5.93. The molecular weight excluding hydrogens is 288 g/mol. The lowest BCUT2D eigenvalue weighted by atomic mass is 9.97. The van der Waals surface area contributed by atoms with Gasteiger partial charge in [-0.3, -0.25) is 0 Å². The van der Waals surface area contributed by atoms with Crippen molar-refractivity contribution >= 4 is 0 Å². The number of imidazole rings is 1. The van der Waals surface area contributed by atoms with Crippen LogP contribution in [-0.2, 0) is 7.05 Å². The van der Waals surface area contributed by atoms with Crippen LogP contribution in [0.15, 0.2) is 12.4 Å². The first-order valence-electron chi connectivity index (χ1n) is 5.93. The Kier molecular flexibility index (Phi) is 5.06. The lowest BCUT2D eigenvalue weighted by molar-refractivity contribution is -0.293. The molecule has 116 valence electrons. The number of alkyl halides is 6. The molecule has 0 fully saturated rings. The fourth-order valence-corrected chi connectivity index (χ4v) is 1.90. The molecule has 0 bridgehead atoms. The van der Waals surface area contributed by atoms with Gasteiger partial charge in [0.25, 0.3) is 0 Å². The third kappa shape index (κ3) is 3.87. The van der Waals surface area contributed by atoms with Gasteiger partial charge in [0.2, 0.25) is 0 Å². The highest BCUT2D eigenvalue weighted by Crippen LogP contribution is 2.46. The molecule has 0 saturated heterocycles. The quantitative estimate of drug-likeness (QED) is 0.847. The van der Waals surface area contributed by atoms with E-state index < -0.39 is 24.3 Å². The van der Waals surface area contributed by atoms with Crippen molar-refractivity contribution in [2.45, 2.75) is 31.7 Å². The Morgan fingerprint density at radius 1 is 1.20 bits per heavy atom. The molecule has 1 atom stereocenters. The number of aromatic nitrogens is 2. The van der Waals surface area contributed by atoms with Crippen LogP contribution in [0.1, 0.15) is 25.2 Å². The molecule has 0 aliphatic rings. The third-order valence-corrected chi connectivity index (χ3v) is 2.79. The van der Waals surface area contributed by atoms with Crippen molar-refractivity contribution in [3.8, 4) is 0 Å². The predicted octanol–water partition coefficient (Wildman–Crippen LogP) is 3.20. The van der Waals surface area contributed by atoms with Crippen LogP contribution in [-0.4, -0.2) is 28.4 Å². The summed E-state index contributed by atoms with van der Waals surface area (Å²) in [5.74, 6) is -3.79. The third-order valence-electron chi connectivity index (χ3n) is 2.79. The highest BCUT2D eigenvalue weighted by Gasteiger charge is 2.61. The van der Waals surface area contributed by atoms with E-state index in [2.05, 4.69) is 10.3 Å². The maximum atomic E-state index is 12.8. The first kappa shape index (κ1) is 16.8. The van der Waals surface area contributed by atoms with Crippen LogP contribution >= 0.6 is 0 Å². The maximum Gasteiger partial charge on any atom is 0.402 e. The smallest absolute Gasteiger partial charge is 0.337 e. The van der Waals surface area contributed by atoms with Crippen molar-refractivity contribution in [1.29, 1.82) is 0 Å². The molecule has 1 N–H and O–H groups in total. The van der Waals surface area contributed by atoms with Gasteiger partial charge in [0.1, 0.15) is 5.82 Å². The van der Waals surface area contributed by atoms with Crippen molar-refractivity contribution in [1.82, 2.24) is 14.9 Å². The van der Waals surface area contributed by atoms with Crippen molar-refractivity contribution < 1.29 is 26.3 Å². The molecule has 0 amide bonds. The summed E-state index contributed by atoms with van der Waals surface area (Å²) >= 11 is 0. The van der Waals surface area contributed by atoms with Gasteiger partial charge in [-0.05, 0) is 13.0 Å². The Morgan fingerprint density at radius 2 is 1.75 bits per heavy atom. The minimum absolute atomic E-state index is 0.0280. The number of halogens is 6. The van der Waals surface area contributed by atoms with Crippen molar-refractivity contribution in [2.75, 3.05) is 6.54 Å². The molecule has 0 aliphatic carbocycles. The van der Waals surface area contributed by atoms with Gasteiger partial charge in [-0.15, -0.1) is 0 Å². The summed E-state index contributed by atoms with van der Waals surface area (Å²) in [6.07, 6.45) is -7.94. The molecule has 3 nitrogen and oxygen atoms in total. The number of aryl methyl sites for hydroxylation is 1. The SMILES string of the molecule is CCCNC(c1nccn1C)C(C(F)(F)F)C(F)(F)F. The Morgan fingerprint density at radius 3 is 2.10 bits per heavy atom. The largest absolute Gasteiger partial charge is 0.402 e. The normalized spacial score (nSPS) is 14.8. The van der Waals surface area contributed by atoms with E-state index in [1.165, 1.54) is 19.4 Å². The van der Waals surface area contributed by atoms with E-state index in [0.29, 0.717) is 6.42 Å². The average molecular weight is 303 g/mol. The van der Waals surface area contributed by atoms with Crippen LogP contribution in [0.4, 0.5) is 26.3 Å². The second-order valence-corrected chi connectivity index (χ2v) is 4.39. The van der Waals surface area contributed by atoms with Crippen molar-refractivity contribution in [3.63, 3.8) is 0 Å². The van der Waals surface area contributed by atoms with E-state index in [9.17, 15) is 26.3 Å². The van der Waals surface area contributed by atoms with E-state index in [-0.39, 0.29) is 12.4 Å². The standard InChI is InChI=1S/C11H15F6N3/c1-3-4-18-7(9-19-5-6-20(9)2)8(10(12,13)14)11(15,16)17/h5-8,18H,3-4H2,1-2H3. The average Bonchev–Trinajstić information content (AvgIpc) is 2.66. The number of rotatable bonds is 5. The van der Waals surface area contributed by atoms with Crippen LogP contribution in [0.25, 0.3) is 0 Å². The van der Waals surface area contributed by atoms with Crippen LogP contribution < -0.4 is 5.32 Å². The molecule has 0 spiro atoms. The van der Waals surface area contributed by atoms with E-state index in [0.717, 1.165) is 4.57 Å². The Labute approximate surface area is 112 Å². The van der Waals surface area contributed by atoms with E-state index in [4.69, 9.17) is 0 Å². The molecule has 0 aromatic carbocycles. The summed E-state index contributed by atoms with van der Waals surface area (Å²) < 4.78 is 78.1. The molecule has 1 rings (SSSR count). The molecule has 1 unspecified atom stereocenters. The number of nitrogens with one attached hydrogen (secondary N) is 1. The molecule has 9 heteroatoms. The molecule has 0 radical (unpaired) electrons. The maximum absolute atomic E-state index is 12.8. The van der Waals surface area contributed by atoms with Gasteiger partial charge < -0.3 is 9.88 Å². The number of hydrogen-bond donors (Lipinski definition) is 1. The zero-order chi connectivity index (χ0) is 15.6. The summed E-state index contributed by atoms with van der Waals surface area (Å²) in [6, 6.07) is -1.96. The van der Waals surface area contributed by atoms with Gasteiger partial charge in [0.15, 0.2) is 5.92 Å². The summed E-state index contributed by atoms with van der Waals surface area (Å²) in [5.41, 5.74) is 0. The minimum Gasteiger partial charge on any atom is -0.337 e. The van der Waals surface area contributed by atoms with Crippen molar-refractivity contribution in [3.05, 3.63) is 18.2 Å². The first-order chi connectivity index (χ1) is 9.09. The molecule has 1 aromatic heterocycles. The van der Waals surface area contributed by atoms with Gasteiger partial charge >= 0.3 is 12.4 Å². The molecule has 20 heavy (non-hydrogen) atoms. The highest BCUT2D eigenvalue weighted by molar-refractivity contribution is 5.04. The minimum atomic E-state index is -5.41. The topological polar surface area (TPSA) is 29.9 Å². The zero-order valence-corrected chi connectivity index (χ0v) is 10.9. The van der Waals surface area contributed by atoms with Gasteiger partial charge in [0.05, 0.1) is 6.04 Å². The fourth-order valence-electron chi connectivity index (χ4n) is 1.90. The fraction of sp³-hybridized carbons (Fsp3) is 0.727. The number of hydrogen-bond acceptors (Lipinski definition) is 2. The molecule has 0 aliphatic heterocycles. The summed E-state index contributed by atoms with van der Waals surface area (Å²) in [6.45, 7) is 1.68. The highest BCUT2D eigenvalue weighted by atomic mass is 19.4. The van der Waals surface area contributed by atoms with Crippen molar-refractivity contribution in [2.24, 2.45) is 13.0 Å². The second-order valence-electron chi connectivity index (χ2n) is 4.39. The Hall–Kier alpha value is -1.25. The number of nitrogens with zero attached hydrogens (tertiary/aromatic N) is 2. The van der Waals surface area contributed by atoms with Gasteiger partial charge in [0, 0.05) is 19.4 Å². The second kappa shape index (κ2) is 6.02. The van der Waals surface area contributed by atoms with Gasteiger partial charge in [-0.2, -0.15) is 26.3 Å². The zero-order valence-electron chi connectivity index (χ0n) is 10.9.